The molecule has 0 saturated carbocycles. The molecule has 0 spiro atoms. The summed E-state index contributed by atoms with van der Waals surface area (Å²) < 4.78 is 39.4. The van der Waals surface area contributed by atoms with Crippen LogP contribution in [-0.4, -0.2) is 125 Å². The first kappa shape index (κ1) is 38.9. The van der Waals surface area contributed by atoms with Crippen molar-refractivity contribution in [1.29, 1.82) is 0 Å². The summed E-state index contributed by atoms with van der Waals surface area (Å²) in [6.07, 6.45) is 4.82. The van der Waals surface area contributed by atoms with Gasteiger partial charge in [0.25, 0.3) is 0 Å². The molecule has 242 valence electrons. The molecule has 0 amide bonds. The predicted molar refractivity (Wildman–Crippen MR) is 170 cm³/mol. The molecule has 1 rings (SSSR count). The van der Waals surface area contributed by atoms with Crippen LogP contribution in [0.25, 0.3) is 10.4 Å². The monoisotopic (exact) mass is 648 g/mol. The molecular weight excluding hydrogens is 597 g/mol. The van der Waals surface area contributed by atoms with E-state index in [4.69, 9.17) is 38.1 Å². The van der Waals surface area contributed by atoms with Crippen molar-refractivity contribution >= 4 is 28.4 Å². The highest BCUT2D eigenvalue weighted by molar-refractivity contribution is 8.00. The number of nitrogens with zero attached hydrogens (tertiary/aromatic N) is 5. The fourth-order valence-corrected chi connectivity index (χ4v) is 14.0. The first-order chi connectivity index (χ1) is 20.3. The zero-order valence-corrected chi connectivity index (χ0v) is 29.0. The second-order valence-corrected chi connectivity index (χ2v) is 20.7. The lowest BCUT2D eigenvalue weighted by molar-refractivity contribution is -0.0174. The minimum absolute atomic E-state index is 0.331. The number of ether oxygens (including phenoxy) is 6. The highest BCUT2D eigenvalue weighted by atomic mass is 32.2. The summed E-state index contributed by atoms with van der Waals surface area (Å²) in [4.78, 5) is 11.7. The van der Waals surface area contributed by atoms with E-state index < -0.39 is 16.6 Å². The fourth-order valence-electron chi connectivity index (χ4n) is 3.69. The van der Waals surface area contributed by atoms with E-state index in [1.807, 2.05) is 19.4 Å². The first-order valence-corrected chi connectivity index (χ1v) is 21.8. The Morgan fingerprint density at radius 1 is 0.786 bits per heavy atom. The standard InChI is InChI=1S/C26H52N6O7SSi2/c1-28-7-6-20-41(2,3)39-42(4,5)24-40-26-29-21-25(22-30-26)23-38-19-18-37-17-16-36-15-14-35-13-12-34-11-10-33-9-8-31-32-27/h21-22,28H,6-20,23-24H2,1-5H3. The molecule has 1 aromatic rings. The normalized spacial score (nSPS) is 12.0. The molecule has 16 heteroatoms. The Morgan fingerprint density at radius 3 is 1.79 bits per heavy atom. The average molecular weight is 649 g/mol. The van der Waals surface area contributed by atoms with Gasteiger partial charge in [0.2, 0.25) is 0 Å². The second-order valence-electron chi connectivity index (χ2n) is 10.6. The molecule has 0 aliphatic rings. The van der Waals surface area contributed by atoms with Crippen molar-refractivity contribution < 1.29 is 32.5 Å². The Bertz CT molecular complexity index is 840. The van der Waals surface area contributed by atoms with Gasteiger partial charge in [0, 0.05) is 34.8 Å². The third kappa shape index (κ3) is 23.3. The minimum Gasteiger partial charge on any atom is -0.455 e. The first-order valence-electron chi connectivity index (χ1n) is 14.5. The third-order valence-corrected chi connectivity index (χ3v) is 15.3. The highest BCUT2D eigenvalue weighted by Gasteiger charge is 2.33. The number of azide groups is 1. The number of thioether (sulfide) groups is 1. The van der Waals surface area contributed by atoms with Crippen LogP contribution in [0.15, 0.2) is 22.7 Å². The topological polar surface area (TPSA) is 151 Å². The lowest BCUT2D eigenvalue weighted by atomic mass is 10.4. The molecular formula is C26H52N6O7SSi2. The Kier molecular flexibility index (Phi) is 23.3. The maximum Gasteiger partial charge on any atom is 0.187 e. The second kappa shape index (κ2) is 25.2. The molecule has 1 aromatic heterocycles. The largest absolute Gasteiger partial charge is 0.455 e. The summed E-state index contributed by atoms with van der Waals surface area (Å²) in [7, 11) is -1.46. The van der Waals surface area contributed by atoms with E-state index in [-0.39, 0.29) is 0 Å². The summed E-state index contributed by atoms with van der Waals surface area (Å²) >= 11 is 1.68. The van der Waals surface area contributed by atoms with Crippen LogP contribution in [0.1, 0.15) is 12.0 Å². The zero-order chi connectivity index (χ0) is 30.8. The van der Waals surface area contributed by atoms with Gasteiger partial charge in [-0.1, -0.05) is 16.9 Å². The van der Waals surface area contributed by atoms with E-state index in [9.17, 15) is 0 Å². The van der Waals surface area contributed by atoms with Gasteiger partial charge in [-0.05, 0) is 57.8 Å². The summed E-state index contributed by atoms with van der Waals surface area (Å²) in [6.45, 7) is 16.4. The van der Waals surface area contributed by atoms with Crippen molar-refractivity contribution in [3.8, 4) is 0 Å². The number of nitrogens with one attached hydrogen (secondary N) is 1. The van der Waals surface area contributed by atoms with E-state index in [1.165, 1.54) is 6.04 Å². The van der Waals surface area contributed by atoms with E-state index >= 15 is 0 Å². The molecule has 1 heterocycles. The molecule has 0 radical (unpaired) electrons. The van der Waals surface area contributed by atoms with Gasteiger partial charge >= 0.3 is 0 Å². The van der Waals surface area contributed by atoms with E-state index in [0.29, 0.717) is 85.8 Å². The van der Waals surface area contributed by atoms with Crippen molar-refractivity contribution in [2.45, 2.75) is 50.4 Å². The summed E-state index contributed by atoms with van der Waals surface area (Å²) in [5.41, 5.74) is 9.09. The summed E-state index contributed by atoms with van der Waals surface area (Å²) in [6, 6.07) is 1.18. The van der Waals surface area contributed by atoms with Crippen LogP contribution in [0.4, 0.5) is 0 Å². The predicted octanol–water partition coefficient (Wildman–Crippen LogP) is 4.05. The highest BCUT2D eigenvalue weighted by Crippen LogP contribution is 2.25. The molecule has 0 bridgehead atoms. The van der Waals surface area contributed by atoms with Crippen molar-refractivity contribution in [1.82, 2.24) is 15.3 Å². The van der Waals surface area contributed by atoms with Gasteiger partial charge in [-0.3, -0.25) is 0 Å². The fraction of sp³-hybridized carbons (Fsp3) is 0.846. The molecule has 0 saturated heterocycles. The maximum atomic E-state index is 8.15. The van der Waals surface area contributed by atoms with Gasteiger partial charge < -0.3 is 37.9 Å². The summed E-state index contributed by atoms with van der Waals surface area (Å²) in [5, 5.41) is 8.32. The number of hydrogen-bond acceptors (Lipinski definition) is 12. The van der Waals surface area contributed by atoms with Crippen LogP contribution in [0.2, 0.25) is 32.2 Å². The van der Waals surface area contributed by atoms with Gasteiger partial charge in [0.15, 0.2) is 21.8 Å². The van der Waals surface area contributed by atoms with Gasteiger partial charge in [-0.15, -0.1) is 0 Å². The number of hydrogen-bond donors (Lipinski definition) is 1. The Morgan fingerprint density at radius 2 is 1.29 bits per heavy atom. The zero-order valence-electron chi connectivity index (χ0n) is 26.2. The SMILES string of the molecule is CNCCC[Si](C)(C)O[Si](C)(C)CSc1ncc(COCCOCCOCCOCCOCCOCCN=[N+]=[N-])cn1. The van der Waals surface area contributed by atoms with Gasteiger partial charge in [-0.2, -0.15) is 0 Å². The lowest BCUT2D eigenvalue weighted by Gasteiger charge is -2.33. The van der Waals surface area contributed by atoms with Crippen LogP contribution < -0.4 is 5.32 Å². The van der Waals surface area contributed by atoms with E-state index in [2.05, 4.69) is 51.5 Å². The third-order valence-electron chi connectivity index (χ3n) is 5.52. The Hall–Kier alpha value is -1.15. The smallest absolute Gasteiger partial charge is 0.187 e. The van der Waals surface area contributed by atoms with Crippen molar-refractivity contribution in [3.63, 3.8) is 0 Å². The summed E-state index contributed by atoms with van der Waals surface area (Å²) in [5.74, 6) is 0. The van der Waals surface area contributed by atoms with E-state index in [1.54, 1.807) is 11.8 Å². The molecule has 1 N–H and O–H groups in total. The van der Waals surface area contributed by atoms with Gasteiger partial charge in [-0.25, -0.2) is 9.97 Å². The number of rotatable bonds is 29. The van der Waals surface area contributed by atoms with Crippen LogP contribution >= 0.6 is 11.8 Å². The average Bonchev–Trinajstić information content (AvgIpc) is 2.95. The molecule has 0 aromatic carbocycles. The molecule has 0 aliphatic carbocycles. The molecule has 0 aliphatic heterocycles. The van der Waals surface area contributed by atoms with Crippen LogP contribution in [-0.2, 0) is 39.1 Å². The molecule has 0 atom stereocenters. The van der Waals surface area contributed by atoms with Crippen molar-refractivity contribution in [3.05, 3.63) is 28.4 Å². The van der Waals surface area contributed by atoms with Crippen molar-refractivity contribution in [2.24, 2.45) is 5.11 Å². The van der Waals surface area contributed by atoms with Crippen LogP contribution in [0.3, 0.4) is 0 Å². The Balaban J connectivity index is 1.97. The Labute approximate surface area is 258 Å². The number of aromatic nitrogens is 2. The van der Waals surface area contributed by atoms with Gasteiger partial charge in [0.1, 0.15) is 0 Å². The van der Waals surface area contributed by atoms with E-state index in [0.717, 1.165) is 29.1 Å². The molecule has 0 unspecified atom stereocenters. The minimum atomic E-state index is -1.80. The lowest BCUT2D eigenvalue weighted by Crippen LogP contribution is -2.46. The van der Waals surface area contributed by atoms with Crippen molar-refractivity contribution in [2.75, 3.05) is 98.2 Å². The van der Waals surface area contributed by atoms with Crippen LogP contribution in [0.5, 0.6) is 0 Å². The van der Waals surface area contributed by atoms with Crippen LogP contribution in [0, 0.1) is 0 Å². The molecule has 13 nitrogen and oxygen atoms in total. The molecule has 42 heavy (non-hydrogen) atoms. The quantitative estimate of drug-likeness (QED) is 0.0255. The van der Waals surface area contributed by atoms with Gasteiger partial charge in [0.05, 0.1) is 79.3 Å². The maximum absolute atomic E-state index is 8.15. The molecule has 0 fully saturated rings.